The maximum atomic E-state index is 11.8. The molecule has 3 nitrogen and oxygen atoms in total. The van der Waals surface area contributed by atoms with Gasteiger partial charge in [-0.3, -0.25) is 4.79 Å². The van der Waals surface area contributed by atoms with Crippen molar-refractivity contribution >= 4 is 18.4 Å². The number of halogens is 2. The molecule has 5 heteroatoms. The number of carboxylic acids is 1. The summed E-state index contributed by atoms with van der Waals surface area (Å²) in [4.78, 5) is 10.2. The van der Waals surface area contributed by atoms with Crippen molar-refractivity contribution in [2.75, 3.05) is 13.7 Å². The van der Waals surface area contributed by atoms with Gasteiger partial charge in [0.05, 0.1) is 0 Å². The highest BCUT2D eigenvalue weighted by Gasteiger charge is 2.30. The van der Waals surface area contributed by atoms with Gasteiger partial charge in [-0.05, 0) is 14.0 Å². The van der Waals surface area contributed by atoms with E-state index in [1.807, 2.05) is 0 Å². The van der Waals surface area contributed by atoms with Crippen LogP contribution >= 0.6 is 12.4 Å². The Morgan fingerprint density at radius 1 is 1.80 bits per heavy atom. The van der Waals surface area contributed by atoms with Crippen LogP contribution in [0, 0.1) is 0 Å². The molecule has 0 radical (unpaired) electrons. The summed E-state index contributed by atoms with van der Waals surface area (Å²) in [6.07, 6.45) is 0. The molecule has 0 aromatic carbocycles. The van der Waals surface area contributed by atoms with E-state index in [1.165, 1.54) is 14.0 Å². The number of likely N-dealkylation sites (N-methyl/N-ethyl adjacent to an activating group) is 1. The molecule has 0 fully saturated rings. The van der Waals surface area contributed by atoms with E-state index < -0.39 is 18.2 Å². The van der Waals surface area contributed by atoms with Crippen LogP contribution in [0.3, 0.4) is 0 Å². The molecule has 0 heterocycles. The lowest BCUT2D eigenvalue weighted by Gasteiger charge is -2.18. The molecule has 0 aromatic rings. The minimum atomic E-state index is -1.42. The van der Waals surface area contributed by atoms with Crippen LogP contribution in [0.2, 0.25) is 0 Å². The molecule has 1 atom stereocenters. The van der Waals surface area contributed by atoms with E-state index in [0.717, 1.165) is 0 Å². The summed E-state index contributed by atoms with van der Waals surface area (Å²) < 4.78 is 11.8. The van der Waals surface area contributed by atoms with Crippen LogP contribution in [-0.4, -0.2) is 30.3 Å². The van der Waals surface area contributed by atoms with Gasteiger partial charge in [-0.2, -0.15) is 0 Å². The van der Waals surface area contributed by atoms with E-state index >= 15 is 0 Å². The molecule has 10 heavy (non-hydrogen) atoms. The molecular weight excluding hydrogens is 161 g/mol. The van der Waals surface area contributed by atoms with Gasteiger partial charge in [-0.1, -0.05) is 0 Å². The Labute approximate surface area is 65.0 Å². The number of carboxylic acid groups (broad SMARTS) is 1. The minimum absolute atomic E-state index is 0. The number of hydrogen-bond donors (Lipinski definition) is 2. The molecule has 0 aliphatic carbocycles. The number of carbonyl (C=O) groups is 1. The van der Waals surface area contributed by atoms with Gasteiger partial charge in [0.1, 0.15) is 12.2 Å². The van der Waals surface area contributed by atoms with Crippen LogP contribution in [0.15, 0.2) is 0 Å². The highest BCUT2D eigenvalue weighted by atomic mass is 35.5. The highest BCUT2D eigenvalue weighted by Crippen LogP contribution is 2.02. The van der Waals surface area contributed by atoms with Crippen molar-refractivity contribution in [3.05, 3.63) is 0 Å². The third kappa shape index (κ3) is 2.49. The predicted octanol–water partition coefficient (Wildman–Crippen LogP) is 0.440. The van der Waals surface area contributed by atoms with E-state index in [-0.39, 0.29) is 12.4 Å². The minimum Gasteiger partial charge on any atom is -0.480 e. The number of rotatable bonds is 3. The first-order valence-corrected chi connectivity index (χ1v) is 2.55. The van der Waals surface area contributed by atoms with Crippen molar-refractivity contribution in [2.45, 2.75) is 12.5 Å². The summed E-state index contributed by atoms with van der Waals surface area (Å²) in [5.41, 5.74) is -1.42. The monoisotopic (exact) mass is 171 g/mol. The second-order valence-corrected chi connectivity index (χ2v) is 2.02. The lowest BCUT2D eigenvalue weighted by Crippen LogP contribution is -2.49. The Morgan fingerprint density at radius 2 is 2.20 bits per heavy atom. The zero-order valence-electron chi connectivity index (χ0n) is 5.85. The average Bonchev–Trinajstić information content (AvgIpc) is 1.86. The molecule has 0 aromatic heterocycles. The highest BCUT2D eigenvalue weighted by molar-refractivity contribution is 5.85. The molecule has 0 saturated carbocycles. The molecule has 2 N–H and O–H groups in total. The van der Waals surface area contributed by atoms with Crippen molar-refractivity contribution in [3.8, 4) is 0 Å². The van der Waals surface area contributed by atoms with Crippen molar-refractivity contribution in [2.24, 2.45) is 0 Å². The normalized spacial score (nSPS) is 15.1. The second-order valence-electron chi connectivity index (χ2n) is 2.02. The van der Waals surface area contributed by atoms with Crippen LogP contribution in [0.1, 0.15) is 6.92 Å². The van der Waals surface area contributed by atoms with Crippen molar-refractivity contribution in [1.82, 2.24) is 5.32 Å². The average molecular weight is 172 g/mol. The van der Waals surface area contributed by atoms with Gasteiger partial charge >= 0.3 is 5.97 Å². The van der Waals surface area contributed by atoms with E-state index in [4.69, 9.17) is 5.11 Å². The van der Waals surface area contributed by atoms with Crippen LogP contribution in [-0.2, 0) is 4.79 Å². The Kier molecular flexibility index (Phi) is 5.51. The molecule has 0 aliphatic rings. The molecule has 0 bridgehead atoms. The molecule has 0 amide bonds. The van der Waals surface area contributed by atoms with Crippen LogP contribution in [0.25, 0.3) is 0 Å². The molecule has 0 unspecified atom stereocenters. The summed E-state index contributed by atoms with van der Waals surface area (Å²) in [6.45, 7) is 0.383. The Morgan fingerprint density at radius 3 is 2.20 bits per heavy atom. The fourth-order valence-electron chi connectivity index (χ4n) is 0.231. The first kappa shape index (κ1) is 12.3. The van der Waals surface area contributed by atoms with Gasteiger partial charge in [0.2, 0.25) is 0 Å². The Hall–Kier alpha value is -0.350. The van der Waals surface area contributed by atoms with E-state index in [2.05, 4.69) is 5.32 Å². The number of alkyl halides is 1. The number of hydrogen-bond acceptors (Lipinski definition) is 2. The lowest BCUT2D eigenvalue weighted by molar-refractivity contribution is -0.144. The maximum absolute atomic E-state index is 11.8. The smallest absolute Gasteiger partial charge is 0.326 e. The van der Waals surface area contributed by atoms with E-state index in [0.29, 0.717) is 0 Å². The van der Waals surface area contributed by atoms with Crippen molar-refractivity contribution in [3.63, 3.8) is 0 Å². The maximum Gasteiger partial charge on any atom is 0.326 e. The zero-order chi connectivity index (χ0) is 7.49. The summed E-state index contributed by atoms with van der Waals surface area (Å²) >= 11 is 0. The molecular formula is C5H11ClFNO2. The number of aliphatic carboxylic acids is 1. The Bertz CT molecular complexity index is 116. The topological polar surface area (TPSA) is 49.3 Å². The first-order chi connectivity index (χ1) is 4.06. The summed E-state index contributed by atoms with van der Waals surface area (Å²) in [7, 11) is 1.41. The zero-order valence-corrected chi connectivity index (χ0v) is 6.67. The standard InChI is InChI=1S/C5H10FNO2.ClH/c1-5(3-6,7-2)4(8)9;/h7H,3H2,1-2H3,(H,8,9);1H/t5-;/m1./s1. The third-order valence-corrected chi connectivity index (χ3v) is 1.29. The van der Waals surface area contributed by atoms with E-state index in [1.54, 1.807) is 0 Å². The summed E-state index contributed by atoms with van der Waals surface area (Å²) in [5.74, 6) is -1.17. The molecule has 62 valence electrons. The fourth-order valence-corrected chi connectivity index (χ4v) is 0.231. The molecule has 0 spiro atoms. The van der Waals surface area contributed by atoms with Crippen LogP contribution in [0.4, 0.5) is 4.39 Å². The quantitative estimate of drug-likeness (QED) is 0.648. The molecule has 0 aliphatic heterocycles. The van der Waals surface area contributed by atoms with Crippen LogP contribution < -0.4 is 5.32 Å². The second kappa shape index (κ2) is 4.46. The Balaban J connectivity index is 0. The summed E-state index contributed by atoms with van der Waals surface area (Å²) in [6, 6.07) is 0. The van der Waals surface area contributed by atoms with Gasteiger partial charge in [0.15, 0.2) is 0 Å². The van der Waals surface area contributed by atoms with Crippen molar-refractivity contribution in [1.29, 1.82) is 0 Å². The predicted molar refractivity (Wildman–Crippen MR) is 38.3 cm³/mol. The molecule has 0 saturated heterocycles. The summed E-state index contributed by atoms with van der Waals surface area (Å²) in [5, 5.41) is 10.7. The van der Waals surface area contributed by atoms with Gasteiger partial charge in [-0.15, -0.1) is 12.4 Å². The third-order valence-electron chi connectivity index (χ3n) is 1.29. The SMILES string of the molecule is CN[C@](C)(CF)C(=O)O.Cl. The lowest BCUT2D eigenvalue weighted by atomic mass is 10.1. The molecule has 0 rings (SSSR count). The largest absolute Gasteiger partial charge is 0.480 e. The first-order valence-electron chi connectivity index (χ1n) is 2.55. The van der Waals surface area contributed by atoms with Crippen LogP contribution in [0.5, 0.6) is 0 Å². The van der Waals surface area contributed by atoms with Gasteiger partial charge in [0.25, 0.3) is 0 Å². The van der Waals surface area contributed by atoms with Gasteiger partial charge in [0, 0.05) is 0 Å². The van der Waals surface area contributed by atoms with E-state index in [9.17, 15) is 9.18 Å². The fraction of sp³-hybridized carbons (Fsp3) is 0.800. The van der Waals surface area contributed by atoms with Gasteiger partial charge in [-0.25, -0.2) is 4.39 Å². The van der Waals surface area contributed by atoms with Crippen molar-refractivity contribution < 1.29 is 14.3 Å². The number of nitrogens with one attached hydrogen (secondary N) is 1. The van der Waals surface area contributed by atoms with Gasteiger partial charge < -0.3 is 10.4 Å².